The first-order valence-corrected chi connectivity index (χ1v) is 7.73. The van der Waals surface area contributed by atoms with Crippen molar-refractivity contribution in [2.24, 2.45) is 0 Å². The fourth-order valence-electron chi connectivity index (χ4n) is 2.35. The van der Waals surface area contributed by atoms with Gasteiger partial charge >= 0.3 is 5.97 Å². The lowest BCUT2D eigenvalue weighted by Crippen LogP contribution is -2.01. The molecule has 1 fully saturated rings. The van der Waals surface area contributed by atoms with Crippen molar-refractivity contribution >= 4 is 17.5 Å². The Morgan fingerprint density at radius 1 is 1.33 bits per heavy atom. The van der Waals surface area contributed by atoms with E-state index in [1.54, 1.807) is 0 Å². The maximum absolute atomic E-state index is 10.8. The van der Waals surface area contributed by atoms with Gasteiger partial charge in [-0.15, -0.1) is 0 Å². The Hall–Kier alpha value is -1.79. The van der Waals surface area contributed by atoms with Gasteiger partial charge in [-0.2, -0.15) is 4.37 Å². The van der Waals surface area contributed by atoms with Crippen molar-refractivity contribution in [1.82, 2.24) is 9.36 Å². The van der Waals surface area contributed by atoms with Gasteiger partial charge < -0.3 is 10.2 Å². The van der Waals surface area contributed by atoms with E-state index in [9.17, 15) is 9.90 Å². The van der Waals surface area contributed by atoms with Crippen molar-refractivity contribution in [1.29, 1.82) is 0 Å². The molecular weight excluding hydrogens is 288 g/mol. The highest BCUT2D eigenvalue weighted by atomic mass is 32.1. The summed E-state index contributed by atoms with van der Waals surface area (Å²) in [6.07, 6.45) is 2.78. The van der Waals surface area contributed by atoms with E-state index < -0.39 is 5.97 Å². The molecule has 0 saturated heterocycles. The molecule has 1 aliphatic carbocycles. The number of aliphatic carboxylic acids is 1. The molecule has 5 nitrogen and oxygen atoms in total. The minimum absolute atomic E-state index is 0.0656. The summed E-state index contributed by atoms with van der Waals surface area (Å²) in [6, 6.07) is 5.59. The van der Waals surface area contributed by atoms with Crippen molar-refractivity contribution < 1.29 is 15.0 Å². The van der Waals surface area contributed by atoms with Crippen LogP contribution in [-0.2, 0) is 17.8 Å². The molecule has 1 saturated carbocycles. The smallest absolute Gasteiger partial charge is 0.303 e. The van der Waals surface area contributed by atoms with E-state index >= 15 is 0 Å². The molecule has 0 aliphatic heterocycles. The Morgan fingerprint density at radius 3 is 2.76 bits per heavy atom. The molecule has 0 radical (unpaired) electrons. The maximum atomic E-state index is 10.8. The zero-order chi connectivity index (χ0) is 14.8. The van der Waals surface area contributed by atoms with Crippen LogP contribution < -0.4 is 0 Å². The molecule has 1 aromatic heterocycles. The molecule has 0 unspecified atom stereocenters. The molecule has 1 heterocycles. The monoisotopic (exact) mass is 304 g/mol. The molecule has 21 heavy (non-hydrogen) atoms. The van der Waals surface area contributed by atoms with Gasteiger partial charge in [0.15, 0.2) is 0 Å². The molecule has 6 heteroatoms. The van der Waals surface area contributed by atoms with Crippen LogP contribution in [0, 0.1) is 0 Å². The van der Waals surface area contributed by atoms with Crippen molar-refractivity contribution in [3.63, 3.8) is 0 Å². The second-order valence-corrected chi connectivity index (χ2v) is 5.99. The summed E-state index contributed by atoms with van der Waals surface area (Å²) >= 11 is 1.33. The minimum atomic E-state index is -0.828. The Balaban J connectivity index is 1.98. The zero-order valence-electron chi connectivity index (χ0n) is 11.5. The second kappa shape index (κ2) is 5.91. The van der Waals surface area contributed by atoms with E-state index in [2.05, 4.69) is 9.36 Å². The molecule has 1 aromatic carbocycles. The summed E-state index contributed by atoms with van der Waals surface area (Å²) in [6.45, 7) is -0.0887. The molecule has 110 valence electrons. The number of aromatic nitrogens is 2. The summed E-state index contributed by atoms with van der Waals surface area (Å²) in [4.78, 5) is 15.4. The highest BCUT2D eigenvalue weighted by Crippen LogP contribution is 2.40. The third kappa shape index (κ3) is 3.11. The van der Waals surface area contributed by atoms with Crippen molar-refractivity contribution in [2.45, 2.75) is 38.2 Å². The third-order valence-corrected chi connectivity index (χ3v) is 4.36. The van der Waals surface area contributed by atoms with Crippen molar-refractivity contribution in [2.75, 3.05) is 0 Å². The van der Waals surface area contributed by atoms with Crippen LogP contribution in [0.1, 0.15) is 42.1 Å². The average Bonchev–Trinajstić information content (AvgIpc) is 3.22. The van der Waals surface area contributed by atoms with Gasteiger partial charge in [-0.1, -0.05) is 18.2 Å². The van der Waals surface area contributed by atoms with E-state index in [0.29, 0.717) is 12.3 Å². The van der Waals surface area contributed by atoms with Gasteiger partial charge in [-0.25, -0.2) is 4.98 Å². The van der Waals surface area contributed by atoms with Crippen LogP contribution in [0.15, 0.2) is 18.2 Å². The standard InChI is InChI=1S/C15H16N2O3S/c18-8-11-3-1-2-9(6-7-12(19)20)13(11)15-16-14(17-21-15)10-4-5-10/h1-3,10,18H,4-8H2,(H,19,20). The van der Waals surface area contributed by atoms with Crippen LogP contribution in [0.4, 0.5) is 0 Å². The van der Waals surface area contributed by atoms with Crippen LogP contribution >= 0.6 is 11.5 Å². The highest BCUT2D eigenvalue weighted by molar-refractivity contribution is 7.09. The average molecular weight is 304 g/mol. The fraction of sp³-hybridized carbons (Fsp3) is 0.400. The van der Waals surface area contributed by atoms with Crippen molar-refractivity contribution in [3.8, 4) is 10.6 Å². The first kappa shape index (κ1) is 14.2. The lowest BCUT2D eigenvalue weighted by Gasteiger charge is -2.10. The van der Waals surface area contributed by atoms with Gasteiger partial charge in [0.2, 0.25) is 0 Å². The number of aryl methyl sites for hydroxylation is 1. The van der Waals surface area contributed by atoms with Crippen LogP contribution in [0.2, 0.25) is 0 Å². The molecule has 2 N–H and O–H groups in total. The Labute approximate surface area is 126 Å². The van der Waals surface area contributed by atoms with Gasteiger partial charge in [0, 0.05) is 17.9 Å². The minimum Gasteiger partial charge on any atom is -0.481 e. The second-order valence-electron chi connectivity index (χ2n) is 5.24. The summed E-state index contributed by atoms with van der Waals surface area (Å²) in [5.41, 5.74) is 2.53. The lowest BCUT2D eigenvalue weighted by atomic mass is 9.98. The van der Waals surface area contributed by atoms with E-state index in [-0.39, 0.29) is 13.0 Å². The number of rotatable bonds is 6. The van der Waals surface area contributed by atoms with E-state index in [4.69, 9.17) is 5.11 Å². The number of hydrogen-bond acceptors (Lipinski definition) is 5. The number of hydrogen-bond donors (Lipinski definition) is 2. The largest absolute Gasteiger partial charge is 0.481 e. The van der Waals surface area contributed by atoms with Gasteiger partial charge in [-0.05, 0) is 41.9 Å². The van der Waals surface area contributed by atoms with Crippen LogP contribution in [0.3, 0.4) is 0 Å². The van der Waals surface area contributed by atoms with E-state index in [1.165, 1.54) is 11.5 Å². The van der Waals surface area contributed by atoms with Crippen LogP contribution in [0.25, 0.3) is 10.6 Å². The zero-order valence-corrected chi connectivity index (χ0v) is 12.3. The SMILES string of the molecule is O=C(O)CCc1cccc(CO)c1-c1nc(C2CC2)ns1. The molecule has 0 atom stereocenters. The number of carboxylic acid groups (broad SMARTS) is 1. The topological polar surface area (TPSA) is 83.3 Å². The van der Waals surface area contributed by atoms with Gasteiger partial charge in [-0.3, -0.25) is 4.79 Å². The molecule has 2 aromatic rings. The molecule has 3 rings (SSSR count). The number of carboxylic acids is 1. The lowest BCUT2D eigenvalue weighted by molar-refractivity contribution is -0.136. The highest BCUT2D eigenvalue weighted by Gasteiger charge is 2.28. The molecular formula is C15H16N2O3S. The molecule has 0 spiro atoms. The summed E-state index contributed by atoms with van der Waals surface area (Å²) in [7, 11) is 0. The van der Waals surface area contributed by atoms with Gasteiger partial charge in [0.25, 0.3) is 0 Å². The number of carbonyl (C=O) groups is 1. The normalized spacial score (nSPS) is 14.3. The first-order chi connectivity index (χ1) is 10.2. The fourth-order valence-corrected chi connectivity index (χ4v) is 3.21. The number of nitrogens with zero attached hydrogens (tertiary/aromatic N) is 2. The molecule has 1 aliphatic rings. The number of aliphatic hydroxyl groups is 1. The first-order valence-electron chi connectivity index (χ1n) is 6.96. The summed E-state index contributed by atoms with van der Waals surface area (Å²) < 4.78 is 4.40. The number of benzene rings is 1. The van der Waals surface area contributed by atoms with E-state index in [1.807, 2.05) is 18.2 Å². The third-order valence-electron chi connectivity index (χ3n) is 3.61. The van der Waals surface area contributed by atoms with Gasteiger partial charge in [0.1, 0.15) is 10.8 Å². The van der Waals surface area contributed by atoms with Gasteiger partial charge in [0.05, 0.1) is 6.61 Å². The predicted octanol–water partition coefficient (Wildman–Crippen LogP) is 2.59. The van der Waals surface area contributed by atoms with Crippen molar-refractivity contribution in [3.05, 3.63) is 35.2 Å². The quantitative estimate of drug-likeness (QED) is 0.857. The number of aliphatic hydroxyl groups excluding tert-OH is 1. The Morgan fingerprint density at radius 2 is 2.10 bits per heavy atom. The summed E-state index contributed by atoms with van der Waals surface area (Å²) in [5.74, 6) is 0.539. The molecule has 0 bridgehead atoms. The predicted molar refractivity (Wildman–Crippen MR) is 79.2 cm³/mol. The Bertz CT molecular complexity index is 665. The van der Waals surface area contributed by atoms with Crippen LogP contribution in [-0.4, -0.2) is 25.5 Å². The van der Waals surface area contributed by atoms with Crippen LogP contribution in [0.5, 0.6) is 0 Å². The van der Waals surface area contributed by atoms with E-state index in [0.717, 1.165) is 40.4 Å². The molecule has 0 amide bonds. The maximum Gasteiger partial charge on any atom is 0.303 e. The summed E-state index contributed by atoms with van der Waals surface area (Å²) in [5, 5.41) is 19.2. The Kier molecular flexibility index (Phi) is 3.98.